The molecule has 0 atom stereocenters. The molecule has 4 N–H and O–H groups in total. The smallest absolute Gasteiger partial charge is 0.136 e. The lowest BCUT2D eigenvalue weighted by molar-refractivity contribution is 0.591. The first kappa shape index (κ1) is 28.3. The Hall–Kier alpha value is -6.46. The number of aromatic nitrogens is 1. The first-order valence-corrected chi connectivity index (χ1v) is 14.4. The quantitative estimate of drug-likeness (QED) is 0.135. The van der Waals surface area contributed by atoms with E-state index in [-0.39, 0.29) is 17.0 Å². The molecule has 0 saturated carbocycles. The lowest BCUT2D eigenvalue weighted by Gasteiger charge is -2.24. The third-order valence-corrected chi connectivity index (χ3v) is 7.87. The third kappa shape index (κ3) is 5.06. The van der Waals surface area contributed by atoms with Crippen LogP contribution in [0.15, 0.2) is 120 Å². The highest BCUT2D eigenvalue weighted by Crippen LogP contribution is 2.39. The Morgan fingerprint density at radius 3 is 2.09 bits per heavy atom. The number of halogens is 2. The second kappa shape index (κ2) is 11.6. The summed E-state index contributed by atoms with van der Waals surface area (Å²) in [6.07, 6.45) is 1.96. The SMILES string of the molecule is N#Cc1ccc(C2=Cc3c(-c4ccc(-c5c(F)cc(N)cc5F)cc4)nc4ccccc4c3C(=N)/C2=N\Nc2ccccc2)cc1. The van der Waals surface area contributed by atoms with Gasteiger partial charge >= 0.3 is 0 Å². The van der Waals surface area contributed by atoms with Gasteiger partial charge in [0.1, 0.15) is 17.3 Å². The minimum atomic E-state index is -0.745. The Bertz CT molecular complexity index is 2240. The first-order valence-electron chi connectivity index (χ1n) is 14.4. The Morgan fingerprint density at radius 1 is 0.761 bits per heavy atom. The van der Waals surface area contributed by atoms with Gasteiger partial charge in [-0.15, -0.1) is 0 Å². The van der Waals surface area contributed by atoms with Crippen LogP contribution in [0.5, 0.6) is 0 Å². The van der Waals surface area contributed by atoms with Gasteiger partial charge in [-0.3, -0.25) is 10.8 Å². The van der Waals surface area contributed by atoms with Crippen LogP contribution in [0.25, 0.3) is 44.9 Å². The zero-order valence-electron chi connectivity index (χ0n) is 24.2. The van der Waals surface area contributed by atoms with Crippen molar-refractivity contribution in [2.75, 3.05) is 11.2 Å². The average molecular weight is 603 g/mol. The van der Waals surface area contributed by atoms with Gasteiger partial charge < -0.3 is 5.73 Å². The van der Waals surface area contributed by atoms with Gasteiger partial charge in [0, 0.05) is 33.3 Å². The largest absolute Gasteiger partial charge is 0.399 e. The van der Waals surface area contributed by atoms with Crippen molar-refractivity contribution in [3.05, 3.63) is 149 Å². The highest BCUT2D eigenvalue weighted by molar-refractivity contribution is 6.65. The van der Waals surface area contributed by atoms with E-state index in [0.29, 0.717) is 50.3 Å². The van der Waals surface area contributed by atoms with Gasteiger partial charge in [0.15, 0.2) is 0 Å². The number of nitriles is 1. The molecule has 8 heteroatoms. The normalized spacial score (nSPS) is 13.3. The maximum atomic E-state index is 14.7. The Labute approximate surface area is 263 Å². The van der Waals surface area contributed by atoms with Crippen molar-refractivity contribution in [1.29, 1.82) is 10.7 Å². The number of hydrazone groups is 1. The molecule has 0 fully saturated rings. The number of nitrogen functional groups attached to an aromatic ring is 1. The van der Waals surface area contributed by atoms with E-state index in [9.17, 15) is 19.5 Å². The predicted octanol–water partition coefficient (Wildman–Crippen LogP) is 8.69. The number of benzene rings is 5. The molecule has 0 bridgehead atoms. The van der Waals surface area contributed by atoms with E-state index in [1.807, 2.05) is 72.8 Å². The molecule has 6 aromatic rings. The molecular weight excluding hydrogens is 578 g/mol. The molecule has 220 valence electrons. The summed E-state index contributed by atoms with van der Waals surface area (Å²) >= 11 is 0. The van der Waals surface area contributed by atoms with Crippen LogP contribution in [0.2, 0.25) is 0 Å². The van der Waals surface area contributed by atoms with Crippen LogP contribution >= 0.6 is 0 Å². The van der Waals surface area contributed by atoms with Crippen molar-refractivity contribution in [2.24, 2.45) is 5.10 Å². The standard InChI is InChI=1S/C38H24F2N6/c39-31-18-26(42)19-32(40)34(31)24-14-16-25(17-15-24)37-30-20-29(23-12-10-22(21-41)11-13-23)38(46-45-27-6-2-1-3-7-27)36(43)35(30)28-8-4-5-9-33(28)44-37/h1-20,43,45H,42H2/b43-36?,46-38-. The Morgan fingerprint density at radius 2 is 1.39 bits per heavy atom. The molecule has 1 aromatic heterocycles. The number of fused-ring (bicyclic) bond motifs is 3. The number of para-hydroxylation sites is 2. The molecule has 0 unspecified atom stereocenters. The summed E-state index contributed by atoms with van der Waals surface area (Å²) in [6.45, 7) is 0. The maximum Gasteiger partial charge on any atom is 0.136 e. The fraction of sp³-hybridized carbons (Fsp3) is 0. The van der Waals surface area contributed by atoms with E-state index >= 15 is 0 Å². The summed E-state index contributed by atoms with van der Waals surface area (Å²) < 4.78 is 29.5. The van der Waals surface area contributed by atoms with Crippen molar-refractivity contribution in [2.45, 2.75) is 0 Å². The van der Waals surface area contributed by atoms with Gasteiger partial charge in [-0.25, -0.2) is 13.8 Å². The molecule has 0 amide bonds. The highest BCUT2D eigenvalue weighted by Gasteiger charge is 2.29. The lowest BCUT2D eigenvalue weighted by Crippen LogP contribution is -2.24. The molecule has 1 heterocycles. The van der Waals surface area contributed by atoms with Crippen molar-refractivity contribution in [3.63, 3.8) is 0 Å². The van der Waals surface area contributed by atoms with Crippen LogP contribution in [-0.2, 0) is 0 Å². The first-order chi connectivity index (χ1) is 22.4. The van der Waals surface area contributed by atoms with Crippen LogP contribution in [0.1, 0.15) is 22.3 Å². The fourth-order valence-corrected chi connectivity index (χ4v) is 5.68. The van der Waals surface area contributed by atoms with Crippen LogP contribution in [0, 0.1) is 28.4 Å². The second-order valence-corrected chi connectivity index (χ2v) is 10.8. The molecule has 0 spiro atoms. The molecule has 0 radical (unpaired) electrons. The van der Waals surface area contributed by atoms with Crippen molar-refractivity contribution in [1.82, 2.24) is 4.98 Å². The van der Waals surface area contributed by atoms with Crippen LogP contribution in [0.4, 0.5) is 20.2 Å². The number of anilines is 2. The number of nitrogens with zero attached hydrogens (tertiary/aromatic N) is 3. The van der Waals surface area contributed by atoms with Crippen molar-refractivity contribution in [3.8, 4) is 28.5 Å². The van der Waals surface area contributed by atoms with E-state index in [1.54, 1.807) is 36.4 Å². The number of hydrogen-bond acceptors (Lipinski definition) is 6. The van der Waals surface area contributed by atoms with Crippen LogP contribution < -0.4 is 11.2 Å². The molecule has 7 rings (SSSR count). The summed E-state index contributed by atoms with van der Waals surface area (Å²) in [5.41, 5.74) is 15.6. The molecule has 5 aromatic carbocycles. The number of pyridine rings is 1. The molecule has 6 nitrogen and oxygen atoms in total. The third-order valence-electron chi connectivity index (χ3n) is 7.87. The van der Waals surface area contributed by atoms with Gasteiger partial charge in [-0.1, -0.05) is 72.8 Å². The van der Waals surface area contributed by atoms with E-state index in [1.165, 1.54) is 0 Å². The lowest BCUT2D eigenvalue weighted by atomic mass is 9.82. The van der Waals surface area contributed by atoms with E-state index < -0.39 is 11.6 Å². The van der Waals surface area contributed by atoms with Crippen molar-refractivity contribution >= 4 is 45.4 Å². The van der Waals surface area contributed by atoms with Crippen LogP contribution in [0.3, 0.4) is 0 Å². The zero-order valence-corrected chi connectivity index (χ0v) is 24.2. The van der Waals surface area contributed by atoms with E-state index in [2.05, 4.69) is 11.5 Å². The monoisotopic (exact) mass is 602 g/mol. The zero-order chi connectivity index (χ0) is 31.8. The summed E-state index contributed by atoms with van der Waals surface area (Å²) in [4.78, 5) is 5.01. The van der Waals surface area contributed by atoms with Gasteiger partial charge in [0.05, 0.1) is 39.8 Å². The number of nitrogens with one attached hydrogen (secondary N) is 2. The minimum Gasteiger partial charge on any atom is -0.399 e. The second-order valence-electron chi connectivity index (χ2n) is 10.8. The number of nitrogens with two attached hydrogens (primary N) is 1. The maximum absolute atomic E-state index is 14.7. The number of allylic oxidation sites excluding steroid dienone is 1. The summed E-state index contributed by atoms with van der Waals surface area (Å²) in [5.74, 6) is -1.49. The topological polar surface area (TPSA) is 111 Å². The molecule has 1 aliphatic rings. The summed E-state index contributed by atoms with van der Waals surface area (Å²) in [6, 6.07) is 35.4. The molecule has 46 heavy (non-hydrogen) atoms. The highest BCUT2D eigenvalue weighted by atomic mass is 19.1. The van der Waals surface area contributed by atoms with Gasteiger partial charge in [-0.2, -0.15) is 10.4 Å². The minimum absolute atomic E-state index is 0.0107. The number of hydrogen-bond donors (Lipinski definition) is 3. The average Bonchev–Trinajstić information content (AvgIpc) is 3.07. The predicted molar refractivity (Wildman–Crippen MR) is 180 cm³/mol. The molecular formula is C38H24F2N6. The molecule has 0 aliphatic heterocycles. The van der Waals surface area contributed by atoms with Gasteiger partial charge in [0.2, 0.25) is 0 Å². The molecule has 0 saturated heterocycles. The van der Waals surface area contributed by atoms with Gasteiger partial charge in [-0.05, 0) is 59.7 Å². The summed E-state index contributed by atoms with van der Waals surface area (Å²) in [7, 11) is 0. The Kier molecular flexibility index (Phi) is 7.12. The van der Waals surface area contributed by atoms with E-state index in [4.69, 9.17) is 15.8 Å². The van der Waals surface area contributed by atoms with E-state index in [0.717, 1.165) is 28.8 Å². The van der Waals surface area contributed by atoms with Gasteiger partial charge in [0.25, 0.3) is 0 Å². The Balaban J connectivity index is 1.43. The molecule has 1 aliphatic carbocycles. The summed E-state index contributed by atoms with van der Waals surface area (Å²) in [5, 5.41) is 24.4. The van der Waals surface area contributed by atoms with Crippen molar-refractivity contribution < 1.29 is 8.78 Å². The fourth-order valence-electron chi connectivity index (χ4n) is 5.68. The number of rotatable bonds is 5. The van der Waals surface area contributed by atoms with Crippen LogP contribution in [-0.4, -0.2) is 16.4 Å².